The molecule has 0 spiro atoms. The Hall–Kier alpha value is -2.17. The number of nitrogens with one attached hydrogen (secondary N) is 1. The lowest BCUT2D eigenvalue weighted by atomic mass is 9.94. The zero-order chi connectivity index (χ0) is 22.8. The van der Waals surface area contributed by atoms with Crippen LogP contribution in [0.25, 0.3) is 0 Å². The standard InChI is InChI=1S/C21H28FN3O4S2/c1-24(2)31(28,29)19-12-10-18(11-13-19)30(26,27)23-20-15-16(22)9-14-21(20)25(3)17-7-5-4-6-8-17/h9-15,17,23H,4-8H2,1-3H3. The van der Waals surface area contributed by atoms with Crippen LogP contribution in [-0.2, 0) is 20.0 Å². The predicted molar refractivity (Wildman–Crippen MR) is 120 cm³/mol. The minimum atomic E-state index is -4.05. The smallest absolute Gasteiger partial charge is 0.261 e. The van der Waals surface area contributed by atoms with E-state index >= 15 is 0 Å². The Kier molecular flexibility index (Phi) is 6.92. The van der Waals surface area contributed by atoms with Crippen molar-refractivity contribution in [2.45, 2.75) is 47.9 Å². The monoisotopic (exact) mass is 469 g/mol. The number of hydrogen-bond acceptors (Lipinski definition) is 5. The molecule has 10 heteroatoms. The lowest BCUT2D eigenvalue weighted by Crippen LogP contribution is -2.34. The maximum absolute atomic E-state index is 14.0. The molecule has 2 aromatic carbocycles. The third kappa shape index (κ3) is 5.19. The topological polar surface area (TPSA) is 86.8 Å². The van der Waals surface area contributed by atoms with Gasteiger partial charge in [-0.1, -0.05) is 19.3 Å². The summed E-state index contributed by atoms with van der Waals surface area (Å²) in [6.45, 7) is 0. The Morgan fingerprint density at radius 1 is 0.871 bits per heavy atom. The molecule has 1 saturated carbocycles. The van der Waals surface area contributed by atoms with Gasteiger partial charge in [0.1, 0.15) is 5.82 Å². The summed E-state index contributed by atoms with van der Waals surface area (Å²) >= 11 is 0. The Labute approximate surface area is 184 Å². The lowest BCUT2D eigenvalue weighted by Gasteiger charge is -2.34. The Morgan fingerprint density at radius 2 is 1.45 bits per heavy atom. The van der Waals surface area contributed by atoms with Crippen molar-refractivity contribution in [2.75, 3.05) is 30.8 Å². The first-order valence-corrected chi connectivity index (χ1v) is 13.0. The van der Waals surface area contributed by atoms with E-state index in [1.807, 2.05) is 11.9 Å². The number of anilines is 2. The van der Waals surface area contributed by atoms with Gasteiger partial charge < -0.3 is 4.90 Å². The minimum absolute atomic E-state index is 0.0140. The van der Waals surface area contributed by atoms with E-state index in [2.05, 4.69) is 4.72 Å². The first-order valence-electron chi connectivity index (χ1n) is 10.1. The Bertz CT molecular complexity index is 1130. The summed E-state index contributed by atoms with van der Waals surface area (Å²) in [6, 6.07) is 9.25. The molecule has 1 N–H and O–H groups in total. The molecular formula is C21H28FN3O4S2. The first-order chi connectivity index (χ1) is 14.5. The Balaban J connectivity index is 1.90. The highest BCUT2D eigenvalue weighted by atomic mass is 32.2. The van der Waals surface area contributed by atoms with Gasteiger partial charge in [0.25, 0.3) is 10.0 Å². The van der Waals surface area contributed by atoms with Crippen molar-refractivity contribution in [3.8, 4) is 0 Å². The van der Waals surface area contributed by atoms with Crippen LogP contribution in [0.2, 0.25) is 0 Å². The molecule has 0 radical (unpaired) electrons. The predicted octanol–water partition coefficient (Wildman–Crippen LogP) is 3.65. The highest BCUT2D eigenvalue weighted by molar-refractivity contribution is 7.92. The van der Waals surface area contributed by atoms with E-state index in [1.54, 1.807) is 6.07 Å². The van der Waals surface area contributed by atoms with Gasteiger partial charge in [0, 0.05) is 33.3 Å². The van der Waals surface area contributed by atoms with E-state index in [4.69, 9.17) is 0 Å². The van der Waals surface area contributed by atoms with Crippen molar-refractivity contribution in [2.24, 2.45) is 0 Å². The van der Waals surface area contributed by atoms with Crippen LogP contribution in [0, 0.1) is 5.82 Å². The number of rotatable bonds is 7. The molecule has 0 heterocycles. The molecule has 0 saturated heterocycles. The Morgan fingerprint density at radius 3 is 2.03 bits per heavy atom. The van der Waals surface area contributed by atoms with E-state index < -0.39 is 25.9 Å². The summed E-state index contributed by atoms with van der Waals surface area (Å²) in [5.74, 6) is -0.550. The fourth-order valence-electron chi connectivity index (χ4n) is 3.77. The molecule has 1 aliphatic carbocycles. The molecule has 0 bridgehead atoms. The molecule has 7 nitrogen and oxygen atoms in total. The van der Waals surface area contributed by atoms with Crippen molar-refractivity contribution in [1.82, 2.24) is 4.31 Å². The van der Waals surface area contributed by atoms with Gasteiger partial charge in [-0.25, -0.2) is 25.5 Å². The highest BCUT2D eigenvalue weighted by Gasteiger charge is 2.24. The van der Waals surface area contributed by atoms with E-state index in [1.165, 1.54) is 50.8 Å². The van der Waals surface area contributed by atoms with Gasteiger partial charge in [-0.2, -0.15) is 0 Å². The minimum Gasteiger partial charge on any atom is -0.370 e. The highest BCUT2D eigenvalue weighted by Crippen LogP contribution is 2.33. The van der Waals surface area contributed by atoms with Crippen LogP contribution in [0.15, 0.2) is 52.3 Å². The fourth-order valence-corrected chi connectivity index (χ4v) is 5.73. The van der Waals surface area contributed by atoms with Crippen molar-refractivity contribution in [3.63, 3.8) is 0 Å². The zero-order valence-corrected chi connectivity index (χ0v) is 19.5. The molecule has 0 unspecified atom stereocenters. The maximum Gasteiger partial charge on any atom is 0.261 e. The van der Waals surface area contributed by atoms with Gasteiger partial charge >= 0.3 is 0 Å². The van der Waals surface area contributed by atoms with Crippen LogP contribution in [0.1, 0.15) is 32.1 Å². The maximum atomic E-state index is 14.0. The molecule has 3 rings (SSSR count). The summed E-state index contributed by atoms with van der Waals surface area (Å²) in [6.07, 6.45) is 5.41. The molecule has 170 valence electrons. The van der Waals surface area contributed by atoms with Crippen LogP contribution < -0.4 is 9.62 Å². The summed E-state index contributed by atoms with van der Waals surface area (Å²) in [4.78, 5) is 1.88. The number of nitrogens with zero attached hydrogens (tertiary/aromatic N) is 2. The zero-order valence-electron chi connectivity index (χ0n) is 17.9. The molecule has 0 amide bonds. The van der Waals surface area contributed by atoms with Crippen LogP contribution in [0.5, 0.6) is 0 Å². The molecule has 1 fully saturated rings. The first kappa shape index (κ1) is 23.5. The van der Waals surface area contributed by atoms with Gasteiger partial charge in [-0.15, -0.1) is 0 Å². The van der Waals surface area contributed by atoms with Gasteiger partial charge in [-0.3, -0.25) is 4.72 Å². The third-order valence-electron chi connectivity index (χ3n) is 5.62. The SMILES string of the molecule is CN(c1ccc(F)cc1NS(=O)(=O)c1ccc(S(=O)(=O)N(C)C)cc1)C1CCCCC1. The molecule has 0 aliphatic heterocycles. The molecule has 1 aliphatic rings. The van der Waals surface area contributed by atoms with E-state index in [0.29, 0.717) is 5.69 Å². The quantitative estimate of drug-likeness (QED) is 0.669. The number of hydrogen-bond donors (Lipinski definition) is 1. The molecule has 31 heavy (non-hydrogen) atoms. The van der Waals surface area contributed by atoms with Crippen molar-refractivity contribution < 1.29 is 21.2 Å². The van der Waals surface area contributed by atoms with Crippen LogP contribution in [0.4, 0.5) is 15.8 Å². The molecular weight excluding hydrogens is 441 g/mol. The summed E-state index contributed by atoms with van der Waals surface area (Å²) < 4.78 is 67.8. The van der Waals surface area contributed by atoms with Crippen molar-refractivity contribution in [3.05, 3.63) is 48.3 Å². The lowest BCUT2D eigenvalue weighted by molar-refractivity contribution is 0.428. The second-order valence-electron chi connectivity index (χ2n) is 7.93. The van der Waals surface area contributed by atoms with Gasteiger partial charge in [0.15, 0.2) is 0 Å². The van der Waals surface area contributed by atoms with Crippen LogP contribution in [-0.4, -0.2) is 48.3 Å². The average molecular weight is 470 g/mol. The van der Waals surface area contributed by atoms with Crippen LogP contribution in [0.3, 0.4) is 0 Å². The van der Waals surface area contributed by atoms with Crippen molar-refractivity contribution >= 4 is 31.4 Å². The third-order valence-corrected chi connectivity index (χ3v) is 8.83. The van der Waals surface area contributed by atoms with Crippen molar-refractivity contribution in [1.29, 1.82) is 0 Å². The largest absolute Gasteiger partial charge is 0.370 e. The van der Waals surface area contributed by atoms with E-state index in [0.717, 1.165) is 36.1 Å². The second kappa shape index (κ2) is 9.13. The average Bonchev–Trinajstić information content (AvgIpc) is 2.74. The van der Waals surface area contributed by atoms with Gasteiger partial charge in [-0.05, 0) is 49.2 Å². The summed E-state index contributed by atoms with van der Waals surface area (Å²) in [7, 11) is -3.04. The van der Waals surface area contributed by atoms with E-state index in [9.17, 15) is 21.2 Å². The van der Waals surface area contributed by atoms with Gasteiger partial charge in [0.2, 0.25) is 10.0 Å². The molecule has 2 aromatic rings. The second-order valence-corrected chi connectivity index (χ2v) is 11.8. The number of benzene rings is 2. The summed E-state index contributed by atoms with van der Waals surface area (Å²) in [5.41, 5.74) is 0.752. The van der Waals surface area contributed by atoms with Crippen LogP contribution >= 0.6 is 0 Å². The molecule has 0 aromatic heterocycles. The van der Waals surface area contributed by atoms with E-state index in [-0.39, 0.29) is 21.5 Å². The number of sulfonamides is 2. The van der Waals surface area contributed by atoms with Gasteiger partial charge in [0.05, 0.1) is 21.2 Å². The fraction of sp³-hybridized carbons (Fsp3) is 0.429. The molecule has 0 atom stereocenters. The number of halogens is 1. The summed E-state index contributed by atoms with van der Waals surface area (Å²) in [5, 5.41) is 0. The normalized spacial score (nSPS) is 15.8.